The van der Waals surface area contributed by atoms with Gasteiger partial charge in [-0.3, -0.25) is 0 Å². The lowest BCUT2D eigenvalue weighted by atomic mass is 10.1. The van der Waals surface area contributed by atoms with Gasteiger partial charge in [-0.2, -0.15) is 0 Å². The second kappa shape index (κ2) is 11.3. The van der Waals surface area contributed by atoms with Crippen molar-refractivity contribution in [3.8, 4) is 0 Å². The Morgan fingerprint density at radius 1 is 1.04 bits per heavy atom. The fourth-order valence-electron chi connectivity index (χ4n) is 2.39. The zero-order chi connectivity index (χ0) is 18.6. The Morgan fingerprint density at radius 2 is 1.77 bits per heavy atom. The number of nitrogens with zero attached hydrogens (tertiary/aromatic N) is 2. The molecule has 140 valence electrons. The number of methoxy groups -OCH3 is 1. The van der Waals surface area contributed by atoms with E-state index in [9.17, 15) is 0 Å². The molecule has 0 radical (unpaired) electrons. The highest BCUT2D eigenvalue weighted by atomic mass is 16.5. The monoisotopic (exact) mass is 354 g/mol. The van der Waals surface area contributed by atoms with Gasteiger partial charge in [0, 0.05) is 32.4 Å². The summed E-state index contributed by atoms with van der Waals surface area (Å²) in [7, 11) is 3.82. The quantitative estimate of drug-likeness (QED) is 0.537. The Balaban J connectivity index is 1.94. The SMILES string of the molecule is COCCN(C)CCNC(=NCc1ccc(C)cc1)Nc1ccccc1. The summed E-state index contributed by atoms with van der Waals surface area (Å²) in [6.45, 7) is 6.13. The molecule has 0 aliphatic rings. The number of aliphatic imine (C=N–C) groups is 1. The van der Waals surface area contributed by atoms with Crippen LogP contribution in [0.2, 0.25) is 0 Å². The first-order valence-electron chi connectivity index (χ1n) is 9.01. The summed E-state index contributed by atoms with van der Waals surface area (Å²) in [6, 6.07) is 18.6. The van der Waals surface area contributed by atoms with Crippen LogP contribution in [0, 0.1) is 6.92 Å². The number of hydrogen-bond donors (Lipinski definition) is 2. The van der Waals surface area contributed by atoms with Crippen molar-refractivity contribution in [2.75, 3.05) is 45.7 Å². The van der Waals surface area contributed by atoms with Gasteiger partial charge in [0.2, 0.25) is 0 Å². The highest BCUT2D eigenvalue weighted by molar-refractivity contribution is 5.93. The van der Waals surface area contributed by atoms with Gasteiger partial charge in [-0.25, -0.2) is 4.99 Å². The lowest BCUT2D eigenvalue weighted by molar-refractivity contribution is 0.162. The van der Waals surface area contributed by atoms with E-state index in [1.165, 1.54) is 11.1 Å². The van der Waals surface area contributed by atoms with Gasteiger partial charge < -0.3 is 20.3 Å². The van der Waals surface area contributed by atoms with Crippen LogP contribution in [0.4, 0.5) is 5.69 Å². The summed E-state index contributed by atoms with van der Waals surface area (Å²) < 4.78 is 5.12. The van der Waals surface area contributed by atoms with Crippen molar-refractivity contribution in [1.29, 1.82) is 0 Å². The lowest BCUT2D eigenvalue weighted by Gasteiger charge is -2.18. The molecule has 0 saturated heterocycles. The molecule has 2 aromatic rings. The van der Waals surface area contributed by atoms with Gasteiger partial charge in [0.1, 0.15) is 0 Å². The van der Waals surface area contributed by atoms with E-state index < -0.39 is 0 Å². The number of benzene rings is 2. The number of ether oxygens (including phenoxy) is 1. The third-order valence-corrected chi connectivity index (χ3v) is 4.04. The predicted molar refractivity (Wildman–Crippen MR) is 110 cm³/mol. The maximum absolute atomic E-state index is 5.12. The molecule has 5 heteroatoms. The summed E-state index contributed by atoms with van der Waals surface area (Å²) in [4.78, 5) is 6.96. The Kier molecular flexibility index (Phi) is 8.66. The van der Waals surface area contributed by atoms with Gasteiger partial charge in [-0.15, -0.1) is 0 Å². The molecular weight excluding hydrogens is 324 g/mol. The summed E-state index contributed by atoms with van der Waals surface area (Å²) in [6.07, 6.45) is 0. The van der Waals surface area contributed by atoms with Gasteiger partial charge in [-0.05, 0) is 31.7 Å². The van der Waals surface area contributed by atoms with Gasteiger partial charge in [-0.1, -0.05) is 48.0 Å². The molecule has 0 spiro atoms. The third-order valence-electron chi connectivity index (χ3n) is 4.04. The first-order valence-corrected chi connectivity index (χ1v) is 9.01. The van der Waals surface area contributed by atoms with Gasteiger partial charge in [0.25, 0.3) is 0 Å². The van der Waals surface area contributed by atoms with E-state index in [1.54, 1.807) is 7.11 Å². The molecule has 0 fully saturated rings. The van der Waals surface area contributed by atoms with Crippen LogP contribution in [-0.2, 0) is 11.3 Å². The second-order valence-electron chi connectivity index (χ2n) is 6.36. The van der Waals surface area contributed by atoms with Crippen molar-refractivity contribution in [2.24, 2.45) is 4.99 Å². The van der Waals surface area contributed by atoms with Crippen LogP contribution in [0.3, 0.4) is 0 Å². The fraction of sp³-hybridized carbons (Fsp3) is 0.381. The zero-order valence-corrected chi connectivity index (χ0v) is 16.0. The Hall–Kier alpha value is -2.37. The first kappa shape index (κ1) is 19.9. The summed E-state index contributed by atoms with van der Waals surface area (Å²) in [5, 5.41) is 6.79. The van der Waals surface area contributed by atoms with E-state index in [1.807, 2.05) is 30.3 Å². The number of rotatable bonds is 9. The van der Waals surface area contributed by atoms with E-state index in [0.717, 1.165) is 37.9 Å². The largest absolute Gasteiger partial charge is 0.383 e. The number of likely N-dealkylation sites (N-methyl/N-ethyl adjacent to an activating group) is 1. The highest BCUT2D eigenvalue weighted by Crippen LogP contribution is 2.07. The molecule has 26 heavy (non-hydrogen) atoms. The fourth-order valence-corrected chi connectivity index (χ4v) is 2.39. The van der Waals surface area contributed by atoms with Crippen molar-refractivity contribution in [2.45, 2.75) is 13.5 Å². The summed E-state index contributed by atoms with van der Waals surface area (Å²) in [5.41, 5.74) is 3.48. The Bertz CT molecular complexity index is 655. The van der Waals surface area contributed by atoms with E-state index in [2.05, 4.69) is 53.8 Å². The second-order valence-corrected chi connectivity index (χ2v) is 6.36. The van der Waals surface area contributed by atoms with Gasteiger partial charge in [0.15, 0.2) is 5.96 Å². The number of anilines is 1. The van der Waals surface area contributed by atoms with Crippen LogP contribution in [0.5, 0.6) is 0 Å². The number of nitrogens with one attached hydrogen (secondary N) is 2. The molecule has 0 saturated carbocycles. The molecule has 2 N–H and O–H groups in total. The molecule has 0 unspecified atom stereocenters. The average Bonchev–Trinajstić information content (AvgIpc) is 2.66. The minimum absolute atomic E-state index is 0.641. The first-order chi connectivity index (χ1) is 12.7. The highest BCUT2D eigenvalue weighted by Gasteiger charge is 2.02. The zero-order valence-electron chi connectivity index (χ0n) is 16.0. The maximum Gasteiger partial charge on any atom is 0.196 e. The van der Waals surface area contributed by atoms with Crippen LogP contribution in [0.1, 0.15) is 11.1 Å². The van der Waals surface area contributed by atoms with Crippen LogP contribution in [0.15, 0.2) is 59.6 Å². The Morgan fingerprint density at radius 3 is 2.46 bits per heavy atom. The molecule has 5 nitrogen and oxygen atoms in total. The van der Waals surface area contributed by atoms with E-state index >= 15 is 0 Å². The Labute approximate surface area is 157 Å². The van der Waals surface area contributed by atoms with Crippen molar-refractivity contribution in [3.05, 3.63) is 65.7 Å². The van der Waals surface area contributed by atoms with Crippen molar-refractivity contribution < 1.29 is 4.74 Å². The number of hydrogen-bond acceptors (Lipinski definition) is 3. The van der Waals surface area contributed by atoms with Crippen molar-refractivity contribution in [1.82, 2.24) is 10.2 Å². The number of aryl methyl sites for hydroxylation is 1. The number of para-hydroxylation sites is 1. The summed E-state index contributed by atoms with van der Waals surface area (Å²) >= 11 is 0. The number of guanidine groups is 1. The van der Waals surface area contributed by atoms with Crippen LogP contribution < -0.4 is 10.6 Å². The van der Waals surface area contributed by atoms with Gasteiger partial charge in [0.05, 0.1) is 13.2 Å². The van der Waals surface area contributed by atoms with Crippen molar-refractivity contribution >= 4 is 11.6 Å². The van der Waals surface area contributed by atoms with Crippen LogP contribution in [0.25, 0.3) is 0 Å². The van der Waals surface area contributed by atoms with E-state index in [0.29, 0.717) is 6.54 Å². The van der Waals surface area contributed by atoms with Crippen LogP contribution >= 0.6 is 0 Å². The maximum atomic E-state index is 5.12. The molecule has 2 aromatic carbocycles. The standard InChI is InChI=1S/C21H30N4O/c1-18-9-11-19(12-10-18)17-23-21(24-20-7-5-4-6-8-20)22-13-14-25(2)15-16-26-3/h4-12H,13-17H2,1-3H3,(H2,22,23,24). The molecule has 0 aliphatic heterocycles. The lowest BCUT2D eigenvalue weighted by Crippen LogP contribution is -2.37. The molecule has 2 rings (SSSR count). The smallest absolute Gasteiger partial charge is 0.196 e. The third kappa shape index (κ3) is 7.68. The van der Waals surface area contributed by atoms with E-state index in [-0.39, 0.29) is 0 Å². The molecule has 0 aliphatic carbocycles. The molecular formula is C21H30N4O. The topological polar surface area (TPSA) is 48.9 Å². The minimum atomic E-state index is 0.641. The van der Waals surface area contributed by atoms with Crippen molar-refractivity contribution in [3.63, 3.8) is 0 Å². The predicted octanol–water partition coefficient (Wildman–Crippen LogP) is 3.13. The van der Waals surface area contributed by atoms with E-state index in [4.69, 9.17) is 9.73 Å². The van der Waals surface area contributed by atoms with Gasteiger partial charge >= 0.3 is 0 Å². The summed E-state index contributed by atoms with van der Waals surface area (Å²) in [5.74, 6) is 0.789. The molecule has 0 heterocycles. The molecule has 0 aromatic heterocycles. The molecule has 0 bridgehead atoms. The van der Waals surface area contributed by atoms with Crippen LogP contribution in [-0.4, -0.2) is 51.3 Å². The average molecular weight is 354 g/mol. The minimum Gasteiger partial charge on any atom is -0.383 e. The normalized spacial score (nSPS) is 11.6. The molecule has 0 amide bonds. The molecule has 0 atom stereocenters.